The smallest absolute Gasteiger partial charge is 0.239 e. The molecule has 0 aromatic rings. The summed E-state index contributed by atoms with van der Waals surface area (Å²) in [5.41, 5.74) is 0. The molecule has 0 radical (unpaired) electrons. The summed E-state index contributed by atoms with van der Waals surface area (Å²) >= 11 is 0. The van der Waals surface area contributed by atoms with Gasteiger partial charge in [-0.1, -0.05) is 13.3 Å². The molecule has 6 nitrogen and oxygen atoms in total. The number of amides is 2. The summed E-state index contributed by atoms with van der Waals surface area (Å²) in [6, 6.07) is 0. The van der Waals surface area contributed by atoms with Gasteiger partial charge in [-0.15, -0.1) is 0 Å². The van der Waals surface area contributed by atoms with Crippen LogP contribution in [0.3, 0.4) is 0 Å². The van der Waals surface area contributed by atoms with Crippen molar-refractivity contribution in [3.05, 3.63) is 0 Å². The van der Waals surface area contributed by atoms with Crippen LogP contribution in [0.4, 0.5) is 0 Å². The molecule has 0 aliphatic heterocycles. The Morgan fingerprint density at radius 2 is 1.57 bits per heavy atom. The van der Waals surface area contributed by atoms with Crippen molar-refractivity contribution in [2.75, 3.05) is 19.6 Å². The Bertz CT molecular complexity index is 380. The molecule has 0 spiro atoms. The summed E-state index contributed by atoms with van der Waals surface area (Å²) in [6.45, 7) is 5.06. The van der Waals surface area contributed by atoms with E-state index < -0.39 is 0 Å². The monoisotopic (exact) mass is 298 g/mol. The zero-order valence-electron chi connectivity index (χ0n) is 13.2. The Morgan fingerprint density at radius 1 is 0.905 bits per heavy atom. The number of ketones is 2. The van der Waals surface area contributed by atoms with Crippen molar-refractivity contribution < 1.29 is 19.2 Å². The fourth-order valence-electron chi connectivity index (χ4n) is 1.86. The number of unbranched alkanes of at least 4 members (excludes halogenated alkanes) is 2. The second kappa shape index (κ2) is 11.0. The molecule has 0 saturated carbocycles. The van der Waals surface area contributed by atoms with E-state index in [-0.39, 0.29) is 42.9 Å². The first-order chi connectivity index (χ1) is 9.86. The van der Waals surface area contributed by atoms with E-state index in [0.29, 0.717) is 13.0 Å². The van der Waals surface area contributed by atoms with Gasteiger partial charge in [-0.2, -0.15) is 0 Å². The minimum atomic E-state index is -0.260. The Kier molecular flexibility index (Phi) is 10.1. The first-order valence-electron chi connectivity index (χ1n) is 7.40. The molecule has 0 bridgehead atoms. The highest BCUT2D eigenvalue weighted by atomic mass is 16.2. The molecular formula is C15H26N2O4. The van der Waals surface area contributed by atoms with Crippen molar-refractivity contribution in [1.29, 1.82) is 0 Å². The van der Waals surface area contributed by atoms with Crippen LogP contribution in [-0.2, 0) is 19.2 Å². The summed E-state index contributed by atoms with van der Waals surface area (Å²) in [5, 5.41) is 2.72. The van der Waals surface area contributed by atoms with E-state index in [1.165, 1.54) is 11.8 Å². The third-order valence-corrected chi connectivity index (χ3v) is 2.93. The number of nitrogens with one attached hydrogen (secondary N) is 1. The topological polar surface area (TPSA) is 83.6 Å². The van der Waals surface area contributed by atoms with E-state index >= 15 is 0 Å². The van der Waals surface area contributed by atoms with E-state index in [2.05, 4.69) is 5.32 Å². The van der Waals surface area contributed by atoms with Gasteiger partial charge in [0.25, 0.3) is 0 Å². The maximum absolute atomic E-state index is 11.7. The van der Waals surface area contributed by atoms with Gasteiger partial charge in [0.05, 0.1) is 13.1 Å². The Labute approximate surface area is 126 Å². The molecule has 0 heterocycles. The molecular weight excluding hydrogens is 272 g/mol. The van der Waals surface area contributed by atoms with Crippen molar-refractivity contribution in [3.8, 4) is 0 Å². The molecule has 0 aliphatic rings. The SMILES string of the molecule is CCC(=O)N(CC(C)=O)CC(=O)NCCCCCC(C)=O. The van der Waals surface area contributed by atoms with Gasteiger partial charge in [-0.25, -0.2) is 0 Å². The molecule has 0 unspecified atom stereocenters. The molecule has 6 heteroatoms. The molecule has 21 heavy (non-hydrogen) atoms. The van der Waals surface area contributed by atoms with Gasteiger partial charge in [0.2, 0.25) is 11.8 Å². The Balaban J connectivity index is 3.95. The van der Waals surface area contributed by atoms with E-state index in [1.807, 2.05) is 0 Å². The van der Waals surface area contributed by atoms with Crippen LogP contribution in [-0.4, -0.2) is 47.9 Å². The molecule has 0 saturated heterocycles. The van der Waals surface area contributed by atoms with Crippen LogP contribution in [0.1, 0.15) is 52.9 Å². The Morgan fingerprint density at radius 3 is 2.10 bits per heavy atom. The summed E-state index contributed by atoms with van der Waals surface area (Å²) in [5.74, 6) is -0.433. The molecule has 0 rings (SSSR count). The summed E-state index contributed by atoms with van der Waals surface area (Å²) < 4.78 is 0. The standard InChI is InChI=1S/C15H26N2O4/c1-4-15(21)17(10-13(3)19)11-14(20)16-9-7-5-6-8-12(2)18/h4-11H2,1-3H3,(H,16,20). The van der Waals surface area contributed by atoms with E-state index in [1.54, 1.807) is 13.8 Å². The summed E-state index contributed by atoms with van der Waals surface area (Å²) in [6.07, 6.45) is 3.35. The number of nitrogens with zero attached hydrogens (tertiary/aromatic N) is 1. The fraction of sp³-hybridized carbons (Fsp3) is 0.733. The van der Waals surface area contributed by atoms with E-state index in [4.69, 9.17) is 0 Å². The number of hydrogen-bond donors (Lipinski definition) is 1. The highest BCUT2D eigenvalue weighted by Crippen LogP contribution is 1.99. The lowest BCUT2D eigenvalue weighted by molar-refractivity contribution is -0.138. The van der Waals surface area contributed by atoms with Gasteiger partial charge in [-0.05, 0) is 26.7 Å². The lowest BCUT2D eigenvalue weighted by Gasteiger charge is -2.20. The maximum Gasteiger partial charge on any atom is 0.239 e. The van der Waals surface area contributed by atoms with Crippen LogP contribution in [0.5, 0.6) is 0 Å². The lowest BCUT2D eigenvalue weighted by atomic mass is 10.1. The first-order valence-corrected chi connectivity index (χ1v) is 7.40. The normalized spacial score (nSPS) is 10.0. The zero-order valence-corrected chi connectivity index (χ0v) is 13.2. The Hall–Kier alpha value is -1.72. The van der Waals surface area contributed by atoms with Gasteiger partial charge in [0.1, 0.15) is 11.6 Å². The van der Waals surface area contributed by atoms with Crippen LogP contribution in [0, 0.1) is 0 Å². The lowest BCUT2D eigenvalue weighted by Crippen LogP contribution is -2.42. The quantitative estimate of drug-likeness (QED) is 0.579. The van der Waals surface area contributed by atoms with Crippen molar-refractivity contribution in [2.45, 2.75) is 52.9 Å². The van der Waals surface area contributed by atoms with Crippen LogP contribution in [0.25, 0.3) is 0 Å². The van der Waals surface area contributed by atoms with Gasteiger partial charge < -0.3 is 15.0 Å². The van der Waals surface area contributed by atoms with Crippen LogP contribution >= 0.6 is 0 Å². The number of Topliss-reactive ketones (excluding diaryl/α,β-unsaturated/α-hetero) is 2. The molecule has 0 aromatic carbocycles. The van der Waals surface area contributed by atoms with E-state index in [0.717, 1.165) is 19.3 Å². The first kappa shape index (κ1) is 19.3. The highest BCUT2D eigenvalue weighted by Gasteiger charge is 2.16. The third kappa shape index (κ3) is 10.7. The third-order valence-electron chi connectivity index (χ3n) is 2.93. The molecule has 0 aromatic heterocycles. The number of rotatable bonds is 11. The van der Waals surface area contributed by atoms with Crippen LogP contribution in [0.2, 0.25) is 0 Å². The number of carbonyl (C=O) groups excluding carboxylic acids is 4. The van der Waals surface area contributed by atoms with Gasteiger partial charge in [0.15, 0.2) is 0 Å². The van der Waals surface area contributed by atoms with Crippen LogP contribution in [0.15, 0.2) is 0 Å². The molecule has 0 atom stereocenters. The minimum Gasteiger partial charge on any atom is -0.355 e. The van der Waals surface area contributed by atoms with Gasteiger partial charge in [-0.3, -0.25) is 14.4 Å². The number of carbonyl (C=O) groups is 4. The van der Waals surface area contributed by atoms with Crippen molar-refractivity contribution >= 4 is 23.4 Å². The molecule has 0 aliphatic carbocycles. The van der Waals surface area contributed by atoms with Crippen molar-refractivity contribution in [3.63, 3.8) is 0 Å². The molecule has 2 amide bonds. The van der Waals surface area contributed by atoms with Gasteiger partial charge >= 0.3 is 0 Å². The number of hydrogen-bond acceptors (Lipinski definition) is 4. The second-order valence-corrected chi connectivity index (χ2v) is 5.17. The minimum absolute atomic E-state index is 0.0291. The predicted octanol–water partition coefficient (Wildman–Crippen LogP) is 1.08. The highest BCUT2D eigenvalue weighted by molar-refractivity contribution is 5.88. The molecule has 1 N–H and O–H groups in total. The average Bonchev–Trinajstić information content (AvgIpc) is 2.40. The average molecular weight is 298 g/mol. The van der Waals surface area contributed by atoms with Crippen LogP contribution < -0.4 is 5.32 Å². The zero-order chi connectivity index (χ0) is 16.3. The summed E-state index contributed by atoms with van der Waals surface area (Å²) in [4.78, 5) is 46.5. The fourth-order valence-corrected chi connectivity index (χ4v) is 1.86. The molecule has 0 fully saturated rings. The summed E-state index contributed by atoms with van der Waals surface area (Å²) in [7, 11) is 0. The second-order valence-electron chi connectivity index (χ2n) is 5.17. The molecule has 120 valence electrons. The predicted molar refractivity (Wildman–Crippen MR) is 79.7 cm³/mol. The van der Waals surface area contributed by atoms with Gasteiger partial charge in [0, 0.05) is 19.4 Å². The van der Waals surface area contributed by atoms with Crippen molar-refractivity contribution in [2.24, 2.45) is 0 Å². The van der Waals surface area contributed by atoms with Crippen molar-refractivity contribution in [1.82, 2.24) is 10.2 Å². The maximum atomic E-state index is 11.7. The largest absolute Gasteiger partial charge is 0.355 e. The van der Waals surface area contributed by atoms with E-state index in [9.17, 15) is 19.2 Å².